The summed E-state index contributed by atoms with van der Waals surface area (Å²) in [6, 6.07) is 36.4. The Morgan fingerprint density at radius 3 is 2.12 bits per heavy atom. The molecular weight excluding hydrogens is 510 g/mol. The van der Waals surface area contributed by atoms with E-state index in [1.165, 1.54) is 0 Å². The van der Waals surface area contributed by atoms with Crippen LogP contribution in [0.5, 0.6) is 0 Å². The van der Waals surface area contributed by atoms with E-state index in [1.54, 1.807) is 4.90 Å². The van der Waals surface area contributed by atoms with Crippen LogP contribution in [0, 0.1) is 0 Å². The first-order chi connectivity index (χ1) is 23.7. The first kappa shape index (κ1) is 18.0. The van der Waals surface area contributed by atoms with Gasteiger partial charge in [-0.05, 0) is 69.9 Å². The molecule has 0 saturated carbocycles. The molecule has 0 amide bonds. The Balaban J connectivity index is 1.36. The number of rotatable bonds is 5. The van der Waals surface area contributed by atoms with E-state index in [2.05, 4.69) is 0 Å². The fourth-order valence-electron chi connectivity index (χ4n) is 5.51. The lowest BCUT2D eigenvalue weighted by molar-refractivity contribution is 0.670. The molecule has 0 N–H and O–H groups in total. The molecule has 1 aromatic heterocycles. The van der Waals surface area contributed by atoms with Crippen molar-refractivity contribution >= 4 is 49.8 Å². The average molecular weight is 545 g/mol. The monoisotopic (exact) mass is 544 g/mol. The molecular formula is C40H27NO. The molecule has 0 spiro atoms. The molecule has 8 rings (SSSR count). The van der Waals surface area contributed by atoms with Crippen molar-refractivity contribution < 1.29 is 14.0 Å². The summed E-state index contributed by atoms with van der Waals surface area (Å²) in [5.41, 5.74) is 6.54. The molecule has 1 heterocycles. The van der Waals surface area contributed by atoms with Crippen LogP contribution in [0.3, 0.4) is 0 Å². The zero-order chi connectivity index (χ0) is 34.0. The van der Waals surface area contributed by atoms with E-state index in [0.717, 1.165) is 44.2 Å². The molecule has 198 valence electrons. The van der Waals surface area contributed by atoms with Gasteiger partial charge in [-0.1, -0.05) is 121 Å². The average Bonchev–Trinajstić information content (AvgIpc) is 3.53. The number of benzene rings is 7. The Morgan fingerprint density at radius 2 is 1.24 bits per heavy atom. The molecule has 0 aliphatic rings. The van der Waals surface area contributed by atoms with Crippen molar-refractivity contribution in [2.24, 2.45) is 0 Å². The van der Waals surface area contributed by atoms with Gasteiger partial charge in [0.1, 0.15) is 11.2 Å². The minimum Gasteiger partial charge on any atom is -0.455 e. The van der Waals surface area contributed by atoms with Crippen molar-refractivity contribution in [1.29, 1.82) is 0 Å². The van der Waals surface area contributed by atoms with Crippen LogP contribution in [0.15, 0.2) is 168 Å². The Kier molecular flexibility index (Phi) is 4.32. The van der Waals surface area contributed by atoms with E-state index in [0.29, 0.717) is 11.4 Å². The summed E-state index contributed by atoms with van der Waals surface area (Å²) in [4.78, 5) is 1.72. The smallest absolute Gasteiger partial charge is 0.143 e. The van der Waals surface area contributed by atoms with E-state index >= 15 is 0 Å². The summed E-state index contributed by atoms with van der Waals surface area (Å²) in [6.45, 7) is 0. The van der Waals surface area contributed by atoms with E-state index in [1.807, 2.05) is 121 Å². The SMILES string of the molecule is [2H]c1c([2H])c([2H])c2c([2H])c(N(c3ccc(-c4cccc5c4oc4ccccc45)cc3)c3cccc(-c4ccccc4)c3)c([2H])c([2H])c2c1[2H]. The highest BCUT2D eigenvalue weighted by atomic mass is 16.3. The lowest BCUT2D eigenvalue weighted by Gasteiger charge is -2.26. The number of fused-ring (bicyclic) bond motifs is 4. The van der Waals surface area contributed by atoms with Crippen molar-refractivity contribution in [2.45, 2.75) is 0 Å². The number of para-hydroxylation sites is 2. The lowest BCUT2D eigenvalue weighted by atomic mass is 10.0. The predicted octanol–water partition coefficient (Wildman–Crippen LogP) is 11.5. The third-order valence-electron chi connectivity index (χ3n) is 7.51. The van der Waals surface area contributed by atoms with Gasteiger partial charge < -0.3 is 9.32 Å². The predicted molar refractivity (Wildman–Crippen MR) is 177 cm³/mol. The van der Waals surface area contributed by atoms with Gasteiger partial charge in [-0.25, -0.2) is 0 Å². The Morgan fingerprint density at radius 1 is 0.500 bits per heavy atom. The van der Waals surface area contributed by atoms with Gasteiger partial charge in [0.2, 0.25) is 0 Å². The van der Waals surface area contributed by atoms with Gasteiger partial charge in [0, 0.05) is 33.4 Å². The second-order valence-electron chi connectivity index (χ2n) is 10.1. The van der Waals surface area contributed by atoms with E-state index in [4.69, 9.17) is 12.6 Å². The van der Waals surface area contributed by atoms with Crippen LogP contribution in [-0.2, 0) is 0 Å². The zero-order valence-electron chi connectivity index (χ0n) is 29.4. The summed E-state index contributed by atoms with van der Waals surface area (Å²) in [7, 11) is 0. The van der Waals surface area contributed by atoms with Crippen molar-refractivity contribution in [3.8, 4) is 22.3 Å². The topological polar surface area (TPSA) is 16.4 Å². The van der Waals surface area contributed by atoms with E-state index in [-0.39, 0.29) is 34.6 Å². The standard InChI is InChI=1S/C40H27NO/c1-2-10-28(11-3-1)32-14-8-15-34(26-32)41(35-25-20-29-12-4-5-13-31(29)27-35)33-23-21-30(22-24-33)36-17-9-18-38-37-16-6-7-19-39(37)42-40(36)38/h1-27H/i4D,5D,12D,13D,20D,25D,27D. The molecule has 0 aliphatic carbocycles. The third kappa shape index (κ3) is 4.22. The van der Waals surface area contributed by atoms with Gasteiger partial charge in [0.25, 0.3) is 0 Å². The van der Waals surface area contributed by atoms with Crippen LogP contribution in [-0.4, -0.2) is 0 Å². The van der Waals surface area contributed by atoms with Crippen LogP contribution in [0.2, 0.25) is 0 Å². The lowest BCUT2D eigenvalue weighted by Crippen LogP contribution is -2.10. The molecule has 0 unspecified atom stereocenters. The Bertz CT molecular complexity index is 2580. The maximum absolute atomic E-state index is 9.34. The van der Waals surface area contributed by atoms with Crippen molar-refractivity contribution in [3.63, 3.8) is 0 Å². The Hall–Kier alpha value is -5.60. The van der Waals surface area contributed by atoms with Gasteiger partial charge in [-0.3, -0.25) is 0 Å². The molecule has 0 saturated heterocycles. The molecule has 0 fully saturated rings. The minimum atomic E-state index is -0.500. The zero-order valence-corrected chi connectivity index (χ0v) is 22.4. The molecule has 7 aromatic carbocycles. The quantitative estimate of drug-likeness (QED) is 0.214. The maximum Gasteiger partial charge on any atom is 0.143 e. The molecule has 0 atom stereocenters. The number of hydrogen-bond donors (Lipinski definition) is 0. The number of anilines is 3. The molecule has 0 aliphatic heterocycles. The Labute approximate surface area is 254 Å². The summed E-state index contributed by atoms with van der Waals surface area (Å²) in [5.74, 6) is 0. The van der Waals surface area contributed by atoms with Gasteiger partial charge in [-0.2, -0.15) is 0 Å². The molecule has 0 bridgehead atoms. The van der Waals surface area contributed by atoms with Gasteiger partial charge in [0.05, 0.1) is 9.60 Å². The second-order valence-corrected chi connectivity index (χ2v) is 10.1. The fraction of sp³-hybridized carbons (Fsp3) is 0. The van der Waals surface area contributed by atoms with Crippen LogP contribution >= 0.6 is 0 Å². The third-order valence-corrected chi connectivity index (χ3v) is 7.51. The van der Waals surface area contributed by atoms with Gasteiger partial charge in [0.15, 0.2) is 0 Å². The van der Waals surface area contributed by atoms with E-state index < -0.39 is 24.2 Å². The largest absolute Gasteiger partial charge is 0.455 e. The first-order valence-corrected chi connectivity index (χ1v) is 13.7. The summed E-state index contributed by atoms with van der Waals surface area (Å²) >= 11 is 0. The van der Waals surface area contributed by atoms with Crippen LogP contribution in [0.25, 0.3) is 55.0 Å². The van der Waals surface area contributed by atoms with Crippen LogP contribution in [0.1, 0.15) is 9.60 Å². The van der Waals surface area contributed by atoms with E-state index in [9.17, 15) is 1.37 Å². The second kappa shape index (κ2) is 10.1. The van der Waals surface area contributed by atoms with Crippen LogP contribution in [0.4, 0.5) is 17.1 Å². The minimum absolute atomic E-state index is 0.0416. The first-order valence-electron chi connectivity index (χ1n) is 17.2. The molecule has 2 heteroatoms. The number of hydrogen-bond acceptors (Lipinski definition) is 2. The van der Waals surface area contributed by atoms with Crippen LogP contribution < -0.4 is 4.90 Å². The number of furan rings is 1. The van der Waals surface area contributed by atoms with Crippen molar-refractivity contribution in [3.05, 3.63) is 164 Å². The van der Waals surface area contributed by atoms with Gasteiger partial charge in [-0.15, -0.1) is 0 Å². The highest BCUT2D eigenvalue weighted by Gasteiger charge is 2.16. The molecule has 42 heavy (non-hydrogen) atoms. The van der Waals surface area contributed by atoms with Crippen molar-refractivity contribution in [1.82, 2.24) is 0 Å². The van der Waals surface area contributed by atoms with Gasteiger partial charge >= 0.3 is 0 Å². The maximum atomic E-state index is 9.34. The normalized spacial score (nSPS) is 13.7. The summed E-state index contributed by atoms with van der Waals surface area (Å²) < 4.78 is 67.4. The highest BCUT2D eigenvalue weighted by molar-refractivity contribution is 6.09. The molecule has 2 nitrogen and oxygen atoms in total. The molecule has 0 radical (unpaired) electrons. The molecule has 8 aromatic rings. The highest BCUT2D eigenvalue weighted by Crippen LogP contribution is 2.40. The summed E-state index contributed by atoms with van der Waals surface area (Å²) in [5, 5.41) is 1.81. The van der Waals surface area contributed by atoms with Crippen molar-refractivity contribution in [2.75, 3.05) is 4.90 Å². The summed E-state index contributed by atoms with van der Waals surface area (Å²) in [6.07, 6.45) is 0. The number of nitrogens with zero attached hydrogens (tertiary/aromatic N) is 1. The fourth-order valence-corrected chi connectivity index (χ4v) is 5.51.